The number of amides is 1. The van der Waals surface area contributed by atoms with Crippen LogP contribution in [0, 0.1) is 0 Å². The summed E-state index contributed by atoms with van der Waals surface area (Å²) >= 11 is 12.3. The Morgan fingerprint density at radius 1 is 1.06 bits per heavy atom. The lowest BCUT2D eigenvalue weighted by atomic mass is 10.2. The van der Waals surface area contributed by atoms with E-state index in [4.69, 9.17) is 38.3 Å². The molecule has 35 heavy (non-hydrogen) atoms. The van der Waals surface area contributed by atoms with Gasteiger partial charge in [-0.25, -0.2) is 9.97 Å². The topological polar surface area (TPSA) is 107 Å². The first-order valence-electron chi connectivity index (χ1n) is 11.4. The molecule has 4 rings (SSSR count). The van der Waals surface area contributed by atoms with Crippen LogP contribution in [0.15, 0.2) is 42.6 Å². The number of nitrogens with zero attached hydrogens (tertiary/aromatic N) is 5. The largest absolute Gasteiger partial charge is 0.395 e. The van der Waals surface area contributed by atoms with Gasteiger partial charge in [0.15, 0.2) is 0 Å². The van der Waals surface area contributed by atoms with Crippen LogP contribution >= 0.6 is 23.2 Å². The SMILES string of the molecule is CCc1cc(Nc2cc(NC(=O)c3c(Cl)cccc3Cl)ccn2)nc(N2CCN(CCO)CC2)n1. The summed E-state index contributed by atoms with van der Waals surface area (Å²) in [5.74, 6) is 1.39. The van der Waals surface area contributed by atoms with Crippen molar-refractivity contribution in [2.75, 3.05) is 54.9 Å². The molecule has 0 spiro atoms. The number of anilines is 4. The van der Waals surface area contributed by atoms with Gasteiger partial charge in [-0.05, 0) is 24.6 Å². The Balaban J connectivity index is 1.49. The minimum atomic E-state index is -0.407. The number of hydrogen-bond donors (Lipinski definition) is 3. The highest BCUT2D eigenvalue weighted by Crippen LogP contribution is 2.26. The molecule has 0 bridgehead atoms. The van der Waals surface area contributed by atoms with Crippen LogP contribution in [0.2, 0.25) is 10.0 Å². The van der Waals surface area contributed by atoms with Crippen molar-refractivity contribution in [3.63, 3.8) is 0 Å². The Kier molecular flexibility index (Phi) is 8.35. The molecule has 3 heterocycles. The van der Waals surface area contributed by atoms with Gasteiger partial charge in [0.2, 0.25) is 5.95 Å². The number of benzene rings is 1. The maximum atomic E-state index is 12.7. The molecule has 1 aliphatic heterocycles. The van der Waals surface area contributed by atoms with Gasteiger partial charge in [0.1, 0.15) is 11.6 Å². The summed E-state index contributed by atoms with van der Waals surface area (Å²) in [6.07, 6.45) is 2.35. The van der Waals surface area contributed by atoms with Crippen LogP contribution in [-0.2, 0) is 6.42 Å². The van der Waals surface area contributed by atoms with Gasteiger partial charge >= 0.3 is 0 Å². The Labute approximate surface area is 214 Å². The minimum Gasteiger partial charge on any atom is -0.395 e. The van der Waals surface area contributed by atoms with Crippen LogP contribution in [-0.4, -0.2) is 70.2 Å². The third kappa shape index (κ3) is 6.37. The second-order valence-electron chi connectivity index (χ2n) is 8.06. The van der Waals surface area contributed by atoms with Gasteiger partial charge in [0.25, 0.3) is 5.91 Å². The van der Waals surface area contributed by atoms with Gasteiger partial charge < -0.3 is 20.6 Å². The highest BCUT2D eigenvalue weighted by molar-refractivity contribution is 6.40. The predicted octanol–water partition coefficient (Wildman–Crippen LogP) is 3.85. The van der Waals surface area contributed by atoms with E-state index in [-0.39, 0.29) is 22.2 Å². The lowest BCUT2D eigenvalue weighted by Crippen LogP contribution is -2.47. The number of piperazine rings is 1. The monoisotopic (exact) mass is 515 g/mol. The van der Waals surface area contributed by atoms with Crippen LogP contribution < -0.4 is 15.5 Å². The van der Waals surface area contributed by atoms with Crippen molar-refractivity contribution in [2.24, 2.45) is 0 Å². The molecule has 0 radical (unpaired) electrons. The van der Waals surface area contributed by atoms with Crippen LogP contribution in [0.5, 0.6) is 0 Å². The Morgan fingerprint density at radius 2 is 1.80 bits per heavy atom. The summed E-state index contributed by atoms with van der Waals surface area (Å²) in [6.45, 7) is 6.16. The van der Waals surface area contributed by atoms with Gasteiger partial charge in [0, 0.05) is 62.4 Å². The fraction of sp³-hybridized carbons (Fsp3) is 0.333. The summed E-state index contributed by atoms with van der Waals surface area (Å²) in [4.78, 5) is 30.9. The number of aliphatic hydroxyl groups is 1. The van der Waals surface area contributed by atoms with E-state index in [1.807, 2.05) is 13.0 Å². The molecule has 1 aliphatic rings. The number of carbonyl (C=O) groups is 1. The van der Waals surface area contributed by atoms with E-state index >= 15 is 0 Å². The van der Waals surface area contributed by atoms with Crippen LogP contribution in [0.3, 0.4) is 0 Å². The molecule has 184 valence electrons. The van der Waals surface area contributed by atoms with Crippen LogP contribution in [0.4, 0.5) is 23.3 Å². The molecule has 2 aromatic heterocycles. The van der Waals surface area contributed by atoms with Crippen molar-refractivity contribution in [1.29, 1.82) is 0 Å². The molecule has 0 atom stereocenters. The van der Waals surface area contributed by atoms with E-state index < -0.39 is 5.91 Å². The minimum absolute atomic E-state index is 0.161. The van der Waals surface area contributed by atoms with Gasteiger partial charge in [0.05, 0.1) is 22.2 Å². The quantitative estimate of drug-likeness (QED) is 0.415. The second-order valence-corrected chi connectivity index (χ2v) is 8.87. The Hall–Kier alpha value is -2.98. The molecule has 3 aromatic rings. The normalized spacial score (nSPS) is 14.1. The number of aromatic nitrogens is 3. The summed E-state index contributed by atoms with van der Waals surface area (Å²) in [5, 5.41) is 15.8. The molecule has 3 N–H and O–H groups in total. The average molecular weight is 516 g/mol. The molecule has 1 amide bonds. The highest BCUT2D eigenvalue weighted by atomic mass is 35.5. The maximum Gasteiger partial charge on any atom is 0.258 e. The summed E-state index contributed by atoms with van der Waals surface area (Å²) in [5.41, 5.74) is 1.66. The number of carbonyl (C=O) groups excluding carboxylic acids is 1. The number of rotatable bonds is 8. The molecule has 0 aliphatic carbocycles. The zero-order chi connectivity index (χ0) is 24.8. The standard InChI is InChI=1S/C24H27Cl2N7O2/c1-2-16-14-21(31-24(29-16)33-10-8-32(9-11-33)12-13-34)30-20-15-17(6-7-27-20)28-23(35)22-18(25)4-3-5-19(22)26/h3-7,14-15,34H,2,8-13H2,1H3,(H2,27,28,29,30,31,35). The Morgan fingerprint density at radius 3 is 2.49 bits per heavy atom. The lowest BCUT2D eigenvalue weighted by Gasteiger charge is -2.34. The number of nitrogens with one attached hydrogen (secondary N) is 2. The van der Waals surface area contributed by atoms with Gasteiger partial charge in [-0.2, -0.15) is 4.98 Å². The zero-order valence-electron chi connectivity index (χ0n) is 19.3. The fourth-order valence-electron chi connectivity index (χ4n) is 3.80. The molecule has 1 saturated heterocycles. The van der Waals surface area contributed by atoms with Crippen molar-refractivity contribution < 1.29 is 9.90 Å². The summed E-state index contributed by atoms with van der Waals surface area (Å²) < 4.78 is 0. The first kappa shape index (κ1) is 25.1. The summed E-state index contributed by atoms with van der Waals surface area (Å²) in [7, 11) is 0. The zero-order valence-corrected chi connectivity index (χ0v) is 20.9. The molecular weight excluding hydrogens is 489 g/mol. The number of pyridine rings is 1. The number of hydrogen-bond acceptors (Lipinski definition) is 8. The van der Waals surface area contributed by atoms with Gasteiger partial charge in [-0.3, -0.25) is 9.69 Å². The van der Waals surface area contributed by atoms with Gasteiger partial charge in [-0.1, -0.05) is 36.2 Å². The van der Waals surface area contributed by atoms with Crippen molar-refractivity contribution in [2.45, 2.75) is 13.3 Å². The first-order valence-corrected chi connectivity index (χ1v) is 12.2. The Bertz CT molecular complexity index is 1170. The van der Waals surface area contributed by atoms with Gasteiger partial charge in [-0.15, -0.1) is 0 Å². The highest BCUT2D eigenvalue weighted by Gasteiger charge is 2.20. The molecule has 0 saturated carbocycles. The van der Waals surface area contributed by atoms with Crippen LogP contribution in [0.1, 0.15) is 23.0 Å². The molecular formula is C24H27Cl2N7O2. The average Bonchev–Trinajstić information content (AvgIpc) is 2.84. The predicted molar refractivity (Wildman–Crippen MR) is 139 cm³/mol. The van der Waals surface area contributed by atoms with E-state index in [1.165, 1.54) is 0 Å². The van der Waals surface area contributed by atoms with E-state index in [0.717, 1.165) is 38.3 Å². The number of aliphatic hydroxyl groups excluding tert-OH is 1. The molecule has 1 fully saturated rings. The smallest absolute Gasteiger partial charge is 0.258 e. The molecule has 0 unspecified atom stereocenters. The second kappa shape index (κ2) is 11.6. The third-order valence-electron chi connectivity index (χ3n) is 5.66. The van der Waals surface area contributed by atoms with Crippen LogP contribution in [0.25, 0.3) is 0 Å². The third-order valence-corrected chi connectivity index (χ3v) is 6.29. The number of β-amino-alcohol motifs (C(OH)–C–C–N with tert-alkyl or cyclic N) is 1. The molecule has 1 aromatic carbocycles. The van der Waals surface area contributed by atoms with E-state index in [1.54, 1.807) is 36.5 Å². The van der Waals surface area contributed by atoms with E-state index in [9.17, 15) is 4.79 Å². The number of aryl methyl sites for hydroxylation is 1. The van der Waals surface area contributed by atoms with E-state index in [2.05, 4.69) is 25.4 Å². The number of halogens is 2. The van der Waals surface area contributed by atoms with Crippen molar-refractivity contribution in [3.8, 4) is 0 Å². The fourth-order valence-corrected chi connectivity index (χ4v) is 4.37. The molecule has 9 nitrogen and oxygen atoms in total. The van der Waals surface area contributed by atoms with Crippen molar-refractivity contribution in [3.05, 3.63) is 63.9 Å². The summed E-state index contributed by atoms with van der Waals surface area (Å²) in [6, 6.07) is 10.2. The molecule has 11 heteroatoms. The first-order chi connectivity index (χ1) is 17.0. The van der Waals surface area contributed by atoms with Crippen molar-refractivity contribution >= 4 is 52.4 Å². The van der Waals surface area contributed by atoms with Crippen molar-refractivity contribution in [1.82, 2.24) is 19.9 Å². The maximum absolute atomic E-state index is 12.7. The van der Waals surface area contributed by atoms with E-state index in [0.29, 0.717) is 29.8 Å². The lowest BCUT2D eigenvalue weighted by molar-refractivity contribution is 0.102.